The van der Waals surface area contributed by atoms with E-state index >= 15 is 0 Å². The van der Waals surface area contributed by atoms with Crippen LogP contribution in [0.5, 0.6) is 0 Å². The fourth-order valence-corrected chi connectivity index (χ4v) is 4.31. The van der Waals surface area contributed by atoms with Gasteiger partial charge < -0.3 is 4.42 Å². The van der Waals surface area contributed by atoms with Crippen molar-refractivity contribution < 1.29 is 32.0 Å². The van der Waals surface area contributed by atoms with Crippen molar-refractivity contribution in [1.29, 1.82) is 0 Å². The third kappa shape index (κ3) is 2.94. The van der Waals surface area contributed by atoms with Crippen LogP contribution in [-0.2, 0) is 20.6 Å². The molecule has 5 rings (SSSR count). The lowest BCUT2D eigenvalue weighted by Gasteiger charge is -2.23. The minimum atomic E-state index is -4.64. The number of carbonyl (C=O) groups is 2. The summed E-state index contributed by atoms with van der Waals surface area (Å²) in [4.78, 5) is 45.5. The Morgan fingerprint density at radius 3 is 2.47 bits per heavy atom. The van der Waals surface area contributed by atoms with Gasteiger partial charge >= 0.3 is 6.18 Å². The largest absolute Gasteiger partial charge is 0.464 e. The van der Waals surface area contributed by atoms with E-state index in [1.165, 1.54) is 24.4 Å². The summed E-state index contributed by atoms with van der Waals surface area (Å²) >= 11 is 0. The summed E-state index contributed by atoms with van der Waals surface area (Å²) in [7, 11) is 1.48. The van der Waals surface area contributed by atoms with Crippen LogP contribution < -0.4 is 10.3 Å². The number of alkyl halides is 3. The van der Waals surface area contributed by atoms with E-state index in [1.54, 1.807) is 24.3 Å². The van der Waals surface area contributed by atoms with Crippen LogP contribution in [0, 0.1) is 5.92 Å². The average molecular weight is 444 g/mol. The van der Waals surface area contributed by atoms with Gasteiger partial charge in [-0.15, -0.1) is 0 Å². The Balaban J connectivity index is 1.57. The molecule has 164 valence electrons. The lowest BCUT2D eigenvalue weighted by molar-refractivity contribution is -0.160. The molecule has 0 bridgehead atoms. The SMILES string of the molecule is CN1O[C@@H]2C(=O)N(c3cccc(C(F)(F)F)c3)C(=O)[C@@H]2[C@@H]1c1coc2ccccc2c1=O. The van der Waals surface area contributed by atoms with Crippen LogP contribution in [0.15, 0.2) is 64.0 Å². The van der Waals surface area contributed by atoms with Crippen molar-refractivity contribution in [3.8, 4) is 0 Å². The first-order chi connectivity index (χ1) is 15.2. The molecular formula is C22H15F3N2O5. The van der Waals surface area contributed by atoms with Crippen LogP contribution in [0.4, 0.5) is 18.9 Å². The molecule has 2 aliphatic rings. The second kappa shape index (κ2) is 7.01. The number of fused-ring (bicyclic) bond motifs is 2. The van der Waals surface area contributed by atoms with Gasteiger partial charge in [-0.3, -0.25) is 19.2 Å². The number of anilines is 1. The molecule has 10 heteroatoms. The number of halogens is 3. The lowest BCUT2D eigenvalue weighted by Crippen LogP contribution is -2.37. The fourth-order valence-electron chi connectivity index (χ4n) is 4.31. The summed E-state index contributed by atoms with van der Waals surface area (Å²) in [5, 5.41) is 1.55. The Bertz CT molecular complexity index is 1320. The topological polar surface area (TPSA) is 80.1 Å². The van der Waals surface area contributed by atoms with Gasteiger partial charge in [0, 0.05) is 7.05 Å². The number of carbonyl (C=O) groups excluding carboxylic acids is 2. The second-order valence-electron chi connectivity index (χ2n) is 7.62. The zero-order chi connectivity index (χ0) is 22.8. The Hall–Kier alpha value is -3.50. The summed E-state index contributed by atoms with van der Waals surface area (Å²) in [5.41, 5.74) is -1.10. The monoisotopic (exact) mass is 444 g/mol. The van der Waals surface area contributed by atoms with Gasteiger partial charge in [0.15, 0.2) is 11.5 Å². The Labute approximate surface area is 178 Å². The fraction of sp³-hybridized carbons (Fsp3) is 0.227. The molecule has 2 amide bonds. The van der Waals surface area contributed by atoms with Crippen LogP contribution in [0.1, 0.15) is 17.2 Å². The molecule has 2 aromatic carbocycles. The number of amides is 2. The van der Waals surface area contributed by atoms with Crippen molar-refractivity contribution in [1.82, 2.24) is 5.06 Å². The summed E-state index contributed by atoms with van der Waals surface area (Å²) in [6, 6.07) is 9.57. The molecule has 2 saturated heterocycles. The Kier molecular flexibility index (Phi) is 4.47. The third-order valence-electron chi connectivity index (χ3n) is 5.76. The first kappa shape index (κ1) is 20.4. The number of para-hydroxylation sites is 1. The maximum Gasteiger partial charge on any atom is 0.416 e. The highest BCUT2D eigenvalue weighted by Gasteiger charge is 2.60. The zero-order valence-electron chi connectivity index (χ0n) is 16.5. The van der Waals surface area contributed by atoms with Gasteiger partial charge in [0.2, 0.25) is 5.91 Å². The minimum absolute atomic E-state index is 0.116. The molecule has 0 N–H and O–H groups in total. The van der Waals surface area contributed by atoms with Crippen LogP contribution >= 0.6 is 0 Å². The van der Waals surface area contributed by atoms with Gasteiger partial charge in [-0.1, -0.05) is 18.2 Å². The quantitative estimate of drug-likeness (QED) is 0.565. The maximum atomic E-state index is 13.2. The van der Waals surface area contributed by atoms with Crippen molar-refractivity contribution in [2.24, 2.45) is 5.92 Å². The number of benzene rings is 2. The summed E-state index contributed by atoms with van der Waals surface area (Å²) < 4.78 is 44.9. The number of rotatable bonds is 2. The summed E-state index contributed by atoms with van der Waals surface area (Å²) in [6.07, 6.45) is -4.68. The molecule has 0 spiro atoms. The van der Waals surface area contributed by atoms with Gasteiger partial charge in [0.1, 0.15) is 5.58 Å². The smallest absolute Gasteiger partial charge is 0.416 e. The third-order valence-corrected chi connectivity index (χ3v) is 5.76. The Morgan fingerprint density at radius 1 is 0.969 bits per heavy atom. The molecule has 3 heterocycles. The number of hydroxylamine groups is 2. The molecule has 1 aromatic heterocycles. The predicted molar refractivity (Wildman–Crippen MR) is 105 cm³/mol. The number of nitrogens with zero attached hydrogens (tertiary/aromatic N) is 2. The first-order valence-corrected chi connectivity index (χ1v) is 9.63. The van der Waals surface area contributed by atoms with Crippen molar-refractivity contribution >= 4 is 28.5 Å². The molecule has 2 aliphatic heterocycles. The minimum Gasteiger partial charge on any atom is -0.464 e. The van der Waals surface area contributed by atoms with E-state index in [0.717, 1.165) is 18.2 Å². The highest BCUT2D eigenvalue weighted by atomic mass is 19.4. The van der Waals surface area contributed by atoms with E-state index in [9.17, 15) is 27.6 Å². The van der Waals surface area contributed by atoms with Crippen LogP contribution in [-0.4, -0.2) is 30.0 Å². The molecule has 2 fully saturated rings. The first-order valence-electron chi connectivity index (χ1n) is 9.63. The highest BCUT2D eigenvalue weighted by molar-refractivity contribution is 6.23. The summed E-state index contributed by atoms with van der Waals surface area (Å²) in [6.45, 7) is 0. The zero-order valence-corrected chi connectivity index (χ0v) is 16.5. The van der Waals surface area contributed by atoms with E-state index in [4.69, 9.17) is 9.25 Å². The molecule has 0 radical (unpaired) electrons. The van der Waals surface area contributed by atoms with Gasteiger partial charge in [0.05, 0.1) is 40.4 Å². The highest BCUT2D eigenvalue weighted by Crippen LogP contribution is 2.45. The molecular weight excluding hydrogens is 429 g/mol. The Morgan fingerprint density at radius 2 is 1.72 bits per heavy atom. The normalized spacial score (nSPS) is 23.9. The van der Waals surface area contributed by atoms with E-state index in [1.807, 2.05) is 0 Å². The second-order valence-corrected chi connectivity index (χ2v) is 7.62. The van der Waals surface area contributed by atoms with E-state index in [0.29, 0.717) is 15.9 Å². The lowest BCUT2D eigenvalue weighted by atomic mass is 9.91. The standard InChI is InChI=1S/C22H15F3N2O5/c1-26-17(14-10-31-15-8-3-2-7-13(15)18(14)28)16-19(32-26)21(30)27(20(16)29)12-6-4-5-11(9-12)22(23,24)25/h2-10,16-17,19H,1H3/t16-,17+,19+/m1/s1. The van der Waals surface area contributed by atoms with Gasteiger partial charge in [-0.25, -0.2) is 4.90 Å². The average Bonchev–Trinajstić information content (AvgIpc) is 3.22. The number of hydrogen-bond acceptors (Lipinski definition) is 6. The molecule has 32 heavy (non-hydrogen) atoms. The molecule has 7 nitrogen and oxygen atoms in total. The predicted octanol–water partition coefficient (Wildman–Crippen LogP) is 3.29. The number of imide groups is 1. The molecule has 0 saturated carbocycles. The van der Waals surface area contributed by atoms with Gasteiger partial charge in [-0.05, 0) is 30.3 Å². The van der Waals surface area contributed by atoms with Gasteiger partial charge in [0.25, 0.3) is 5.91 Å². The van der Waals surface area contributed by atoms with Crippen molar-refractivity contribution in [2.45, 2.75) is 18.3 Å². The molecule has 0 unspecified atom stereocenters. The molecule has 3 aromatic rings. The van der Waals surface area contributed by atoms with Gasteiger partial charge in [-0.2, -0.15) is 18.2 Å². The van der Waals surface area contributed by atoms with Crippen molar-refractivity contribution in [2.75, 3.05) is 11.9 Å². The van der Waals surface area contributed by atoms with Crippen molar-refractivity contribution in [3.63, 3.8) is 0 Å². The maximum absolute atomic E-state index is 13.2. The van der Waals surface area contributed by atoms with E-state index in [-0.39, 0.29) is 16.7 Å². The molecule has 3 atom stereocenters. The van der Waals surface area contributed by atoms with Crippen LogP contribution in [0.25, 0.3) is 11.0 Å². The molecule has 0 aliphatic carbocycles. The van der Waals surface area contributed by atoms with Crippen molar-refractivity contribution in [3.05, 3.63) is 76.1 Å². The van der Waals surface area contributed by atoms with E-state index in [2.05, 4.69) is 0 Å². The summed E-state index contributed by atoms with van der Waals surface area (Å²) in [5.74, 6) is -2.66. The van der Waals surface area contributed by atoms with Crippen LogP contribution in [0.3, 0.4) is 0 Å². The van der Waals surface area contributed by atoms with E-state index < -0.39 is 41.6 Å². The number of hydrogen-bond donors (Lipinski definition) is 0. The van der Waals surface area contributed by atoms with Crippen LogP contribution in [0.2, 0.25) is 0 Å².